The summed E-state index contributed by atoms with van der Waals surface area (Å²) in [5.74, 6) is 1.80. The number of halogens is 1. The van der Waals surface area contributed by atoms with Gasteiger partial charge >= 0.3 is 0 Å². The Morgan fingerprint density at radius 3 is 2.33 bits per heavy atom. The Balaban J connectivity index is 0.00000289. The van der Waals surface area contributed by atoms with Crippen LogP contribution < -0.4 is 10.1 Å². The second-order valence-electron chi connectivity index (χ2n) is 3.97. The summed E-state index contributed by atoms with van der Waals surface area (Å²) < 4.78 is 5.12. The lowest BCUT2D eigenvalue weighted by atomic mass is 10.1. The summed E-state index contributed by atoms with van der Waals surface area (Å²) in [6, 6.07) is 8.13. The highest BCUT2D eigenvalue weighted by Crippen LogP contribution is 2.11. The molecule has 1 aromatic carbocycles. The number of nitrogens with one attached hydrogen (secondary N) is 1. The fourth-order valence-corrected chi connectivity index (χ4v) is 1.55. The van der Waals surface area contributed by atoms with E-state index >= 15 is 0 Å². The van der Waals surface area contributed by atoms with Crippen molar-refractivity contribution in [1.29, 1.82) is 0 Å². The SMILES string of the molecule is CN=C(NCCc1ccc(OC)cc1)N(C)C.I. The molecule has 0 bridgehead atoms. The number of benzene rings is 1. The minimum atomic E-state index is 0. The van der Waals surface area contributed by atoms with E-state index in [0.717, 1.165) is 24.7 Å². The molecule has 0 aliphatic heterocycles. The van der Waals surface area contributed by atoms with Crippen LogP contribution in [0.2, 0.25) is 0 Å². The van der Waals surface area contributed by atoms with E-state index in [-0.39, 0.29) is 24.0 Å². The molecule has 18 heavy (non-hydrogen) atoms. The largest absolute Gasteiger partial charge is 0.497 e. The van der Waals surface area contributed by atoms with Crippen LogP contribution in [0.4, 0.5) is 0 Å². The zero-order chi connectivity index (χ0) is 12.7. The molecule has 102 valence electrons. The van der Waals surface area contributed by atoms with E-state index in [4.69, 9.17) is 4.74 Å². The van der Waals surface area contributed by atoms with Gasteiger partial charge in [-0.05, 0) is 24.1 Å². The highest BCUT2D eigenvalue weighted by atomic mass is 127. The molecule has 0 aliphatic carbocycles. The predicted molar refractivity (Wildman–Crippen MR) is 87.2 cm³/mol. The number of methoxy groups -OCH3 is 1. The number of nitrogens with zero attached hydrogens (tertiary/aromatic N) is 2. The Kier molecular flexibility index (Phi) is 8.53. The van der Waals surface area contributed by atoms with Gasteiger partial charge in [0, 0.05) is 27.7 Å². The van der Waals surface area contributed by atoms with Gasteiger partial charge in [-0.3, -0.25) is 4.99 Å². The number of hydrogen-bond acceptors (Lipinski definition) is 2. The fraction of sp³-hybridized carbons (Fsp3) is 0.462. The first-order valence-corrected chi connectivity index (χ1v) is 5.68. The van der Waals surface area contributed by atoms with E-state index < -0.39 is 0 Å². The van der Waals surface area contributed by atoms with Gasteiger partial charge in [0.05, 0.1) is 7.11 Å². The molecule has 4 nitrogen and oxygen atoms in total. The van der Waals surface area contributed by atoms with E-state index in [1.807, 2.05) is 31.1 Å². The quantitative estimate of drug-likeness (QED) is 0.505. The van der Waals surface area contributed by atoms with Crippen LogP contribution in [0.15, 0.2) is 29.3 Å². The Morgan fingerprint density at radius 1 is 1.28 bits per heavy atom. The molecule has 0 radical (unpaired) electrons. The summed E-state index contributed by atoms with van der Waals surface area (Å²) in [7, 11) is 7.42. The molecule has 5 heteroatoms. The topological polar surface area (TPSA) is 36.9 Å². The molecule has 0 unspecified atom stereocenters. The normalized spacial score (nSPS) is 10.6. The first kappa shape index (κ1) is 17.0. The maximum atomic E-state index is 5.12. The molecule has 0 aliphatic rings. The third-order valence-electron chi connectivity index (χ3n) is 2.49. The Bertz CT molecular complexity index is 363. The third-order valence-corrected chi connectivity index (χ3v) is 2.49. The molecular formula is C13H22IN3O. The molecule has 0 spiro atoms. The minimum Gasteiger partial charge on any atom is -0.497 e. The zero-order valence-corrected chi connectivity index (χ0v) is 13.8. The minimum absolute atomic E-state index is 0. The average molecular weight is 363 g/mol. The molecule has 1 N–H and O–H groups in total. The Hall–Kier alpha value is -0.980. The first-order chi connectivity index (χ1) is 8.17. The molecular weight excluding hydrogens is 341 g/mol. The predicted octanol–water partition coefficient (Wildman–Crippen LogP) is 1.99. The summed E-state index contributed by atoms with van der Waals surface area (Å²) in [6.45, 7) is 0.872. The van der Waals surface area contributed by atoms with Crippen molar-refractivity contribution in [2.45, 2.75) is 6.42 Å². The van der Waals surface area contributed by atoms with Crippen LogP contribution >= 0.6 is 24.0 Å². The first-order valence-electron chi connectivity index (χ1n) is 5.68. The van der Waals surface area contributed by atoms with Crippen LogP contribution in [0.3, 0.4) is 0 Å². The second-order valence-corrected chi connectivity index (χ2v) is 3.97. The number of rotatable bonds is 4. The lowest BCUT2D eigenvalue weighted by Gasteiger charge is -2.16. The fourth-order valence-electron chi connectivity index (χ4n) is 1.55. The number of ether oxygens (including phenoxy) is 1. The Morgan fingerprint density at radius 2 is 1.89 bits per heavy atom. The maximum Gasteiger partial charge on any atom is 0.193 e. The molecule has 1 rings (SSSR count). The number of hydrogen-bond donors (Lipinski definition) is 1. The van der Waals surface area contributed by atoms with Crippen molar-refractivity contribution in [1.82, 2.24) is 10.2 Å². The number of guanidine groups is 1. The van der Waals surface area contributed by atoms with Crippen molar-refractivity contribution in [2.24, 2.45) is 4.99 Å². The molecule has 0 amide bonds. The van der Waals surface area contributed by atoms with E-state index in [1.165, 1.54) is 5.56 Å². The zero-order valence-electron chi connectivity index (χ0n) is 11.4. The van der Waals surface area contributed by atoms with Gasteiger partial charge in [-0.15, -0.1) is 24.0 Å². The van der Waals surface area contributed by atoms with E-state index in [0.29, 0.717) is 0 Å². The van der Waals surface area contributed by atoms with Gasteiger partial charge in [0.1, 0.15) is 5.75 Å². The van der Waals surface area contributed by atoms with Crippen molar-refractivity contribution in [2.75, 3.05) is 34.8 Å². The van der Waals surface area contributed by atoms with Crippen molar-refractivity contribution in [3.63, 3.8) is 0 Å². The van der Waals surface area contributed by atoms with Crippen LogP contribution in [-0.2, 0) is 6.42 Å². The highest BCUT2D eigenvalue weighted by Gasteiger charge is 1.99. The van der Waals surface area contributed by atoms with Gasteiger partial charge in [0.25, 0.3) is 0 Å². The van der Waals surface area contributed by atoms with Crippen LogP contribution in [0, 0.1) is 0 Å². The van der Waals surface area contributed by atoms with Crippen LogP contribution in [0.25, 0.3) is 0 Å². The summed E-state index contributed by atoms with van der Waals surface area (Å²) >= 11 is 0. The second kappa shape index (κ2) is 9.02. The molecule has 1 aromatic rings. The standard InChI is InChI=1S/C13H21N3O.HI/c1-14-13(16(2)3)15-10-9-11-5-7-12(17-4)8-6-11;/h5-8H,9-10H2,1-4H3,(H,14,15);1H. The summed E-state index contributed by atoms with van der Waals surface area (Å²) in [6.07, 6.45) is 0.969. The maximum absolute atomic E-state index is 5.12. The summed E-state index contributed by atoms with van der Waals surface area (Å²) in [5.41, 5.74) is 1.28. The van der Waals surface area contributed by atoms with Crippen molar-refractivity contribution in [3.8, 4) is 5.75 Å². The van der Waals surface area contributed by atoms with Gasteiger partial charge in [-0.2, -0.15) is 0 Å². The molecule has 0 heterocycles. The molecule has 0 saturated heterocycles. The van der Waals surface area contributed by atoms with Crippen molar-refractivity contribution >= 4 is 29.9 Å². The van der Waals surface area contributed by atoms with Crippen molar-refractivity contribution < 1.29 is 4.74 Å². The average Bonchev–Trinajstić information content (AvgIpc) is 2.35. The van der Waals surface area contributed by atoms with Gasteiger partial charge in [0.2, 0.25) is 0 Å². The van der Waals surface area contributed by atoms with Gasteiger partial charge in [0.15, 0.2) is 5.96 Å². The monoisotopic (exact) mass is 363 g/mol. The molecule has 0 aromatic heterocycles. The lowest BCUT2D eigenvalue weighted by Crippen LogP contribution is -2.37. The lowest BCUT2D eigenvalue weighted by molar-refractivity contribution is 0.414. The van der Waals surface area contributed by atoms with Gasteiger partial charge < -0.3 is 15.0 Å². The summed E-state index contributed by atoms with van der Waals surface area (Å²) in [4.78, 5) is 6.12. The summed E-state index contributed by atoms with van der Waals surface area (Å²) in [5, 5.41) is 3.29. The molecule has 0 saturated carbocycles. The van der Waals surface area contributed by atoms with E-state index in [1.54, 1.807) is 14.2 Å². The highest BCUT2D eigenvalue weighted by molar-refractivity contribution is 14.0. The van der Waals surface area contributed by atoms with Crippen molar-refractivity contribution in [3.05, 3.63) is 29.8 Å². The third kappa shape index (κ3) is 5.57. The Labute approximate surface area is 126 Å². The number of aliphatic imine (C=N–C) groups is 1. The van der Waals surface area contributed by atoms with Gasteiger partial charge in [-0.1, -0.05) is 12.1 Å². The van der Waals surface area contributed by atoms with E-state index in [9.17, 15) is 0 Å². The molecule has 0 fully saturated rings. The smallest absolute Gasteiger partial charge is 0.193 e. The molecule has 0 atom stereocenters. The van der Waals surface area contributed by atoms with Gasteiger partial charge in [-0.25, -0.2) is 0 Å². The van der Waals surface area contributed by atoms with E-state index in [2.05, 4.69) is 22.4 Å². The van der Waals surface area contributed by atoms with Crippen LogP contribution in [0.5, 0.6) is 5.75 Å². The van der Waals surface area contributed by atoms with Crippen LogP contribution in [0.1, 0.15) is 5.56 Å². The van der Waals surface area contributed by atoms with Crippen LogP contribution in [-0.4, -0.2) is 45.7 Å².